The fourth-order valence-corrected chi connectivity index (χ4v) is 2.09. The van der Waals surface area contributed by atoms with E-state index in [9.17, 15) is 5.02 Å². The molecule has 3 rings (SSSR count). The smallest absolute Gasteiger partial charge is 0.457 e. The zero-order chi connectivity index (χ0) is 14.1. The van der Waals surface area contributed by atoms with E-state index in [4.69, 9.17) is 20.5 Å². The second-order valence-electron chi connectivity index (χ2n) is 4.56. The minimum Gasteiger partial charge on any atom is -0.457 e. The van der Waals surface area contributed by atoms with Gasteiger partial charge in [0.05, 0.1) is 6.61 Å². The van der Waals surface area contributed by atoms with Gasteiger partial charge in [0.2, 0.25) is 0 Å². The van der Waals surface area contributed by atoms with E-state index in [1.807, 2.05) is 12.1 Å². The van der Waals surface area contributed by atoms with Crippen LogP contribution in [0.5, 0.6) is 11.5 Å². The molecule has 0 bridgehead atoms. The number of hydrogen-bond donors (Lipinski definition) is 3. The zero-order valence-electron chi connectivity index (χ0n) is 11.1. The van der Waals surface area contributed by atoms with Crippen LogP contribution in [0.25, 0.3) is 0 Å². The Hall–Kier alpha value is -2.02. The number of hydrogen-bond acceptors (Lipinski definition) is 4. The molecule has 1 aliphatic heterocycles. The van der Waals surface area contributed by atoms with Crippen molar-refractivity contribution in [1.29, 1.82) is 5.41 Å². The predicted octanol–water partition coefficient (Wildman–Crippen LogP) is 1.40. The Labute approximate surface area is 128 Å². The first kappa shape index (κ1) is 15.4. The van der Waals surface area contributed by atoms with E-state index in [2.05, 4.69) is 0 Å². The van der Waals surface area contributed by atoms with Gasteiger partial charge in [-0.3, -0.25) is 5.41 Å². The molecule has 1 aliphatic rings. The Kier molecular flexibility index (Phi) is 4.52. The molecule has 5 nitrogen and oxygen atoms in total. The summed E-state index contributed by atoms with van der Waals surface area (Å²) in [6, 6.07) is 12.4. The molecular weight excluding hydrogens is 290 g/mol. The first-order chi connectivity index (χ1) is 9.63. The van der Waals surface area contributed by atoms with Crippen LogP contribution in [0, 0.1) is 5.41 Å². The predicted molar refractivity (Wildman–Crippen MR) is 83.6 cm³/mol. The summed E-state index contributed by atoms with van der Waals surface area (Å²) >= 11 is 0. The van der Waals surface area contributed by atoms with Crippen molar-refractivity contribution in [1.82, 2.24) is 0 Å². The van der Waals surface area contributed by atoms with Crippen molar-refractivity contribution in [3.05, 3.63) is 53.6 Å². The maximum Gasteiger partial charge on any atom is 0.491 e. The van der Waals surface area contributed by atoms with Gasteiger partial charge in [-0.25, -0.2) is 0 Å². The van der Waals surface area contributed by atoms with Crippen molar-refractivity contribution in [3.8, 4) is 11.5 Å². The van der Waals surface area contributed by atoms with Gasteiger partial charge in [0.1, 0.15) is 17.3 Å². The van der Waals surface area contributed by atoms with E-state index in [1.165, 1.54) is 0 Å². The normalized spacial score (nSPS) is 12.5. The number of nitrogens with one attached hydrogen (secondary N) is 1. The number of benzene rings is 2. The van der Waals surface area contributed by atoms with Crippen molar-refractivity contribution in [2.75, 3.05) is 0 Å². The highest BCUT2D eigenvalue weighted by molar-refractivity contribution is 6.61. The van der Waals surface area contributed by atoms with Gasteiger partial charge in [-0.15, -0.1) is 12.4 Å². The molecule has 7 heteroatoms. The van der Waals surface area contributed by atoms with E-state index >= 15 is 0 Å². The quantitative estimate of drug-likeness (QED) is 0.454. The van der Waals surface area contributed by atoms with Crippen molar-refractivity contribution >= 4 is 30.8 Å². The molecule has 2 aromatic carbocycles. The van der Waals surface area contributed by atoms with Crippen molar-refractivity contribution < 1.29 is 14.4 Å². The summed E-state index contributed by atoms with van der Waals surface area (Å²) in [4.78, 5) is 0. The van der Waals surface area contributed by atoms with Gasteiger partial charge in [0.15, 0.2) is 0 Å². The van der Waals surface area contributed by atoms with Crippen molar-refractivity contribution in [3.63, 3.8) is 0 Å². The van der Waals surface area contributed by atoms with E-state index in [1.54, 1.807) is 30.3 Å². The Morgan fingerprint density at radius 3 is 2.52 bits per heavy atom. The van der Waals surface area contributed by atoms with Crippen LogP contribution in [0.15, 0.2) is 42.5 Å². The van der Waals surface area contributed by atoms with Gasteiger partial charge in [-0.2, -0.15) is 0 Å². The molecule has 108 valence electrons. The van der Waals surface area contributed by atoms with E-state index < -0.39 is 7.12 Å². The summed E-state index contributed by atoms with van der Waals surface area (Å²) in [6.07, 6.45) is 0. The Morgan fingerprint density at radius 1 is 1.19 bits per heavy atom. The third kappa shape index (κ3) is 3.18. The van der Waals surface area contributed by atoms with Crippen LogP contribution < -0.4 is 15.9 Å². The fraction of sp³-hybridized carbons (Fsp3) is 0.0714. The highest BCUT2D eigenvalue weighted by Crippen LogP contribution is 2.23. The molecule has 0 amide bonds. The third-order valence-electron chi connectivity index (χ3n) is 3.18. The third-order valence-corrected chi connectivity index (χ3v) is 3.18. The highest BCUT2D eigenvalue weighted by atomic mass is 35.5. The molecule has 0 aromatic heterocycles. The Morgan fingerprint density at radius 2 is 1.86 bits per heavy atom. The molecule has 0 spiro atoms. The molecule has 0 unspecified atom stereocenters. The molecule has 0 aliphatic carbocycles. The summed E-state index contributed by atoms with van der Waals surface area (Å²) in [5.74, 6) is 1.29. The lowest BCUT2D eigenvalue weighted by molar-refractivity contribution is 0.275. The number of halogens is 1. The van der Waals surface area contributed by atoms with Crippen LogP contribution >= 0.6 is 12.4 Å². The van der Waals surface area contributed by atoms with Gasteiger partial charge in [0.25, 0.3) is 0 Å². The van der Waals surface area contributed by atoms with Crippen LogP contribution in [0.4, 0.5) is 0 Å². The lowest BCUT2D eigenvalue weighted by Crippen LogP contribution is -2.27. The van der Waals surface area contributed by atoms with Gasteiger partial charge < -0.3 is 20.1 Å². The van der Waals surface area contributed by atoms with E-state index in [-0.39, 0.29) is 18.2 Å². The lowest BCUT2D eigenvalue weighted by Gasteiger charge is -2.08. The SMILES string of the molecule is Cl.N=C(N)c1ccc(Oc2ccc3c(c2)B(O)OC3)cc1. The molecular formula is C14H14BClN2O3. The Bertz CT molecular complexity index is 664. The number of nitrogen functional groups attached to an aromatic ring is 1. The average Bonchev–Trinajstić information content (AvgIpc) is 2.81. The number of amidine groups is 1. The Balaban J connectivity index is 0.00000161. The highest BCUT2D eigenvalue weighted by Gasteiger charge is 2.27. The maximum atomic E-state index is 9.65. The van der Waals surface area contributed by atoms with Crippen LogP contribution in [0.1, 0.15) is 11.1 Å². The first-order valence-corrected chi connectivity index (χ1v) is 6.18. The summed E-state index contributed by atoms with van der Waals surface area (Å²) in [5.41, 5.74) is 7.75. The molecule has 0 atom stereocenters. The summed E-state index contributed by atoms with van der Waals surface area (Å²) in [6.45, 7) is 0.421. The largest absolute Gasteiger partial charge is 0.491 e. The van der Waals surface area contributed by atoms with Crippen LogP contribution in [0.3, 0.4) is 0 Å². The summed E-state index contributed by atoms with van der Waals surface area (Å²) in [7, 11) is -0.881. The summed E-state index contributed by atoms with van der Waals surface area (Å²) in [5, 5.41) is 17.0. The monoisotopic (exact) mass is 304 g/mol. The van der Waals surface area contributed by atoms with Crippen LogP contribution in [-0.4, -0.2) is 18.0 Å². The van der Waals surface area contributed by atoms with Gasteiger partial charge in [-0.05, 0) is 47.4 Å². The number of ether oxygens (including phenoxy) is 1. The second-order valence-corrected chi connectivity index (χ2v) is 4.56. The van der Waals surface area contributed by atoms with Gasteiger partial charge in [-0.1, -0.05) is 6.07 Å². The molecule has 21 heavy (non-hydrogen) atoms. The number of rotatable bonds is 3. The zero-order valence-corrected chi connectivity index (χ0v) is 11.9. The number of nitrogens with two attached hydrogens (primary N) is 1. The van der Waals surface area contributed by atoms with Gasteiger partial charge >= 0.3 is 7.12 Å². The van der Waals surface area contributed by atoms with Crippen molar-refractivity contribution in [2.24, 2.45) is 5.73 Å². The maximum absolute atomic E-state index is 9.65. The minimum atomic E-state index is -0.881. The molecule has 0 fully saturated rings. The minimum absolute atomic E-state index is 0. The molecule has 1 heterocycles. The number of fused-ring (bicyclic) bond motifs is 1. The molecule has 0 saturated heterocycles. The molecule has 4 N–H and O–H groups in total. The topological polar surface area (TPSA) is 88.6 Å². The lowest BCUT2D eigenvalue weighted by atomic mass is 9.79. The molecule has 2 aromatic rings. The second kappa shape index (κ2) is 6.18. The fourth-order valence-electron chi connectivity index (χ4n) is 2.09. The van der Waals surface area contributed by atoms with Crippen molar-refractivity contribution in [2.45, 2.75) is 6.61 Å². The molecule has 0 radical (unpaired) electrons. The average molecular weight is 305 g/mol. The first-order valence-electron chi connectivity index (χ1n) is 6.18. The van der Waals surface area contributed by atoms with E-state index in [0.717, 1.165) is 11.0 Å². The van der Waals surface area contributed by atoms with Crippen LogP contribution in [-0.2, 0) is 11.3 Å². The van der Waals surface area contributed by atoms with E-state index in [0.29, 0.717) is 23.7 Å². The van der Waals surface area contributed by atoms with Gasteiger partial charge in [0, 0.05) is 5.56 Å². The summed E-state index contributed by atoms with van der Waals surface area (Å²) < 4.78 is 10.8. The molecule has 0 saturated carbocycles. The van der Waals surface area contributed by atoms with Crippen LogP contribution in [0.2, 0.25) is 0 Å². The standard InChI is InChI=1S/C14H13BN2O3.ClH/c16-14(17)9-1-4-11(5-2-9)20-12-6-3-10-8-19-15(18)13(10)7-12;/h1-7,18H,8H2,(H3,16,17);1H.